The molecule has 0 spiro atoms. The summed E-state index contributed by atoms with van der Waals surface area (Å²) in [5.74, 6) is -0.467. The van der Waals surface area contributed by atoms with Crippen molar-refractivity contribution in [1.29, 1.82) is 0 Å². The Kier molecular flexibility index (Phi) is 18.6. The fourth-order valence-corrected chi connectivity index (χ4v) is 5.38. The number of hydrogen-bond donors (Lipinski definition) is 0. The van der Waals surface area contributed by atoms with Gasteiger partial charge >= 0.3 is 17.9 Å². The zero-order valence-electron chi connectivity index (χ0n) is 30.5. The highest BCUT2D eigenvalue weighted by molar-refractivity contribution is 5.97. The second-order valence-electron chi connectivity index (χ2n) is 12.7. The molecule has 0 saturated heterocycles. The van der Waals surface area contributed by atoms with Crippen LogP contribution in [0.4, 0.5) is 0 Å². The second kappa shape index (κ2) is 23.1. The van der Waals surface area contributed by atoms with E-state index in [1.807, 2.05) is 6.92 Å². The third kappa shape index (κ3) is 14.7. The van der Waals surface area contributed by atoms with Gasteiger partial charge in [0.15, 0.2) is 0 Å². The molecule has 0 radical (unpaired) electrons. The summed E-state index contributed by atoms with van der Waals surface area (Å²) in [7, 11) is 0. The predicted octanol–water partition coefficient (Wildman–Crippen LogP) is 10.9. The molecule has 0 fully saturated rings. The first-order valence-electron chi connectivity index (χ1n) is 18.6. The molecule has 0 N–H and O–H groups in total. The lowest BCUT2D eigenvalue weighted by molar-refractivity contribution is 0.0318. The van der Waals surface area contributed by atoms with E-state index in [2.05, 4.69) is 13.8 Å². The molecule has 3 aromatic carbocycles. The number of esters is 3. The van der Waals surface area contributed by atoms with E-state index in [0.717, 1.165) is 32.1 Å². The summed E-state index contributed by atoms with van der Waals surface area (Å²) in [5.41, 5.74) is 0.599. The van der Waals surface area contributed by atoms with Gasteiger partial charge in [-0.2, -0.15) is 0 Å². The summed E-state index contributed by atoms with van der Waals surface area (Å²) in [6.45, 7) is 9.45. The molecule has 0 heterocycles. The molecule has 272 valence electrons. The van der Waals surface area contributed by atoms with Crippen molar-refractivity contribution < 1.29 is 38.1 Å². The number of benzene rings is 3. The molecule has 0 aliphatic rings. The molecule has 0 aromatic heterocycles. The molecule has 0 amide bonds. The van der Waals surface area contributed by atoms with Crippen LogP contribution in [0.3, 0.4) is 0 Å². The van der Waals surface area contributed by atoms with Crippen molar-refractivity contribution in [2.24, 2.45) is 0 Å². The van der Waals surface area contributed by atoms with Crippen molar-refractivity contribution in [2.75, 3.05) is 13.2 Å². The largest absolute Gasteiger partial charge is 0.494 e. The highest BCUT2D eigenvalue weighted by atomic mass is 16.6. The van der Waals surface area contributed by atoms with Crippen molar-refractivity contribution in [3.8, 4) is 23.0 Å². The van der Waals surface area contributed by atoms with Crippen molar-refractivity contribution >= 4 is 17.9 Å². The van der Waals surface area contributed by atoms with Crippen LogP contribution in [0.15, 0.2) is 66.7 Å². The van der Waals surface area contributed by atoms with Crippen LogP contribution < -0.4 is 18.9 Å². The molecule has 0 aliphatic carbocycles. The normalized spacial score (nSPS) is 11.4. The lowest BCUT2D eigenvalue weighted by Crippen LogP contribution is -2.18. The van der Waals surface area contributed by atoms with Crippen molar-refractivity contribution in [3.63, 3.8) is 0 Å². The average Bonchev–Trinajstić information content (AvgIpc) is 3.12. The minimum atomic E-state index is -0.683. The van der Waals surface area contributed by atoms with E-state index in [0.29, 0.717) is 42.3 Å². The van der Waals surface area contributed by atoms with Gasteiger partial charge in [0.2, 0.25) is 0 Å². The van der Waals surface area contributed by atoms with Crippen LogP contribution in [0, 0.1) is 0 Å². The minimum absolute atomic E-state index is 0.00115. The third-order valence-electron chi connectivity index (χ3n) is 8.30. The number of hydrogen-bond acceptors (Lipinski definition) is 8. The maximum absolute atomic E-state index is 13.2. The third-order valence-corrected chi connectivity index (χ3v) is 8.30. The van der Waals surface area contributed by atoms with E-state index >= 15 is 0 Å². The second-order valence-corrected chi connectivity index (χ2v) is 12.7. The Morgan fingerprint density at radius 2 is 0.980 bits per heavy atom. The molecular formula is C42H56O8. The Hall–Kier alpha value is -4.33. The number of unbranched alkanes of at least 4 members (excludes halogenated alkanes) is 10. The van der Waals surface area contributed by atoms with E-state index < -0.39 is 17.9 Å². The number of carbonyl (C=O) groups excluding carboxylic acids is 3. The van der Waals surface area contributed by atoms with Crippen LogP contribution in [0.2, 0.25) is 0 Å². The average molecular weight is 689 g/mol. The quantitative estimate of drug-likeness (QED) is 0.0521. The summed E-state index contributed by atoms with van der Waals surface area (Å²) < 4.78 is 28.5. The molecule has 3 rings (SSSR count). The van der Waals surface area contributed by atoms with Gasteiger partial charge < -0.3 is 23.7 Å². The highest BCUT2D eigenvalue weighted by Gasteiger charge is 2.22. The summed E-state index contributed by atoms with van der Waals surface area (Å²) >= 11 is 0. The van der Waals surface area contributed by atoms with Gasteiger partial charge in [-0.25, -0.2) is 14.4 Å². The van der Waals surface area contributed by atoms with Gasteiger partial charge in [-0.05, 0) is 92.9 Å². The van der Waals surface area contributed by atoms with Gasteiger partial charge in [-0.15, -0.1) is 0 Å². The van der Waals surface area contributed by atoms with Gasteiger partial charge in [-0.1, -0.05) is 91.4 Å². The number of ether oxygens (including phenoxy) is 5. The molecule has 0 aliphatic heterocycles. The fraction of sp³-hybridized carbons (Fsp3) is 0.500. The highest BCUT2D eigenvalue weighted by Crippen LogP contribution is 2.28. The van der Waals surface area contributed by atoms with Crippen LogP contribution in [-0.4, -0.2) is 37.2 Å². The first-order valence-corrected chi connectivity index (χ1v) is 18.6. The van der Waals surface area contributed by atoms with Crippen LogP contribution in [-0.2, 0) is 4.74 Å². The Morgan fingerprint density at radius 3 is 1.48 bits per heavy atom. The molecule has 1 atom stereocenters. The smallest absolute Gasteiger partial charge is 0.343 e. The topological polar surface area (TPSA) is 97.4 Å². The summed E-state index contributed by atoms with van der Waals surface area (Å²) in [5, 5.41) is 0. The summed E-state index contributed by atoms with van der Waals surface area (Å²) in [6, 6.07) is 17.7. The fourth-order valence-electron chi connectivity index (χ4n) is 5.38. The Balaban J connectivity index is 1.62. The van der Waals surface area contributed by atoms with E-state index in [9.17, 15) is 14.4 Å². The van der Waals surface area contributed by atoms with Crippen LogP contribution in [0.1, 0.15) is 149 Å². The monoisotopic (exact) mass is 688 g/mol. The van der Waals surface area contributed by atoms with Crippen molar-refractivity contribution in [3.05, 3.63) is 83.4 Å². The lowest BCUT2D eigenvalue weighted by Gasteiger charge is -2.15. The molecule has 1 unspecified atom stereocenters. The first-order chi connectivity index (χ1) is 24.3. The van der Waals surface area contributed by atoms with Gasteiger partial charge in [0.1, 0.15) is 28.6 Å². The van der Waals surface area contributed by atoms with Gasteiger partial charge in [-0.3, -0.25) is 0 Å². The van der Waals surface area contributed by atoms with E-state index in [1.165, 1.54) is 69.6 Å². The molecule has 0 saturated carbocycles. The number of rotatable bonds is 24. The zero-order chi connectivity index (χ0) is 36.0. The predicted molar refractivity (Wildman–Crippen MR) is 197 cm³/mol. The van der Waals surface area contributed by atoms with Crippen molar-refractivity contribution in [2.45, 2.75) is 124 Å². The molecule has 8 heteroatoms. The molecule has 3 aromatic rings. The molecule has 8 nitrogen and oxygen atoms in total. The van der Waals surface area contributed by atoms with Crippen LogP contribution >= 0.6 is 0 Å². The minimum Gasteiger partial charge on any atom is -0.494 e. The lowest BCUT2D eigenvalue weighted by atomic mass is 10.1. The summed E-state index contributed by atoms with van der Waals surface area (Å²) in [6.07, 6.45) is 15.3. The zero-order valence-corrected chi connectivity index (χ0v) is 30.5. The maximum Gasteiger partial charge on any atom is 0.343 e. The van der Waals surface area contributed by atoms with Crippen molar-refractivity contribution in [1.82, 2.24) is 0 Å². The standard InChI is InChI=1S/C42H56O8/c1-5-8-10-12-14-16-29-46-35-23-19-33(20-24-35)40(43)49-37-27-28-39(38(31-37)42(45)48-32(4)18-7-3)50-41(44)34-21-25-36(26-22-34)47-30-17-15-13-11-9-6-2/h19-28,31-32H,5-18,29-30H2,1-4H3. The Bertz CT molecular complexity index is 1430. The van der Waals surface area contributed by atoms with E-state index in [-0.39, 0.29) is 23.2 Å². The Morgan fingerprint density at radius 1 is 0.520 bits per heavy atom. The van der Waals surface area contributed by atoms with Gasteiger partial charge in [0.25, 0.3) is 0 Å². The number of carbonyl (C=O) groups is 3. The summed E-state index contributed by atoms with van der Waals surface area (Å²) in [4.78, 5) is 39.3. The van der Waals surface area contributed by atoms with E-state index in [4.69, 9.17) is 23.7 Å². The van der Waals surface area contributed by atoms with E-state index in [1.54, 1.807) is 55.5 Å². The first kappa shape index (κ1) is 40.1. The van der Waals surface area contributed by atoms with Gasteiger partial charge in [0.05, 0.1) is 30.4 Å². The Labute approximate surface area is 298 Å². The van der Waals surface area contributed by atoms with Gasteiger partial charge in [0, 0.05) is 0 Å². The SMILES string of the molecule is CCCCCCCCOc1ccc(C(=O)Oc2ccc(OC(=O)c3ccc(OCCCCCCCC)cc3)c(C(=O)OC(C)CCC)c2)cc1. The van der Waals surface area contributed by atoms with Crippen LogP contribution in [0.25, 0.3) is 0 Å². The maximum atomic E-state index is 13.2. The molecule has 0 bridgehead atoms. The molecule has 50 heavy (non-hydrogen) atoms. The molecular weight excluding hydrogens is 632 g/mol. The van der Waals surface area contributed by atoms with Crippen LogP contribution in [0.5, 0.6) is 23.0 Å².